The summed E-state index contributed by atoms with van der Waals surface area (Å²) in [6.07, 6.45) is 1.04. The molecule has 1 atom stereocenters. The normalized spacial score (nSPS) is 12.4. The lowest BCUT2D eigenvalue weighted by molar-refractivity contribution is 0.547. The summed E-state index contributed by atoms with van der Waals surface area (Å²) in [5.41, 5.74) is 4.12. The largest absolute Gasteiger partial charge is 0.310 e. The third-order valence-electron chi connectivity index (χ3n) is 3.25. The summed E-state index contributed by atoms with van der Waals surface area (Å²) >= 11 is 2.42. The highest BCUT2D eigenvalue weighted by atomic mass is 127. The van der Waals surface area contributed by atoms with Crippen LogP contribution in [0.5, 0.6) is 0 Å². The first-order valence-corrected chi connectivity index (χ1v) is 7.82. The van der Waals surface area contributed by atoms with Gasteiger partial charge in [-0.3, -0.25) is 0 Å². The summed E-state index contributed by atoms with van der Waals surface area (Å²) in [5, 5.41) is 3.60. The Morgan fingerprint density at radius 1 is 1.11 bits per heavy atom. The fraction of sp³-hybridized carbons (Fsp3) is 0.294. The Hall–Kier alpha value is -0.870. The lowest BCUT2D eigenvalue weighted by atomic mass is 9.98. The zero-order chi connectivity index (χ0) is 13.7. The molecule has 0 bridgehead atoms. The molecular formula is C17H20IN. The molecule has 1 nitrogen and oxygen atoms in total. The van der Waals surface area contributed by atoms with E-state index >= 15 is 0 Å². The predicted octanol–water partition coefficient (Wildman–Crippen LogP) is 4.49. The Kier molecular flexibility index (Phi) is 5.40. The molecule has 100 valence electrons. The van der Waals surface area contributed by atoms with Crippen molar-refractivity contribution in [3.63, 3.8) is 0 Å². The molecule has 1 N–H and O–H groups in total. The van der Waals surface area contributed by atoms with Gasteiger partial charge < -0.3 is 5.32 Å². The Labute approximate surface area is 129 Å². The van der Waals surface area contributed by atoms with Crippen LogP contribution in [-0.2, 0) is 6.42 Å². The van der Waals surface area contributed by atoms with Gasteiger partial charge >= 0.3 is 0 Å². The van der Waals surface area contributed by atoms with Crippen LogP contribution in [-0.4, -0.2) is 6.54 Å². The molecule has 0 fully saturated rings. The highest BCUT2D eigenvalue weighted by Gasteiger charge is 2.13. The Balaban J connectivity index is 2.24. The van der Waals surface area contributed by atoms with Gasteiger partial charge in [-0.25, -0.2) is 0 Å². The summed E-state index contributed by atoms with van der Waals surface area (Å²) in [6.45, 7) is 5.30. The average Bonchev–Trinajstić information content (AvgIpc) is 2.39. The standard InChI is InChI=1S/C17H20IN/c1-3-19-17(15-9-4-5-10-16(15)18)12-14-8-6-7-13(2)11-14/h4-11,17,19H,3,12H2,1-2H3. The number of nitrogens with one attached hydrogen (secondary N) is 1. The average molecular weight is 365 g/mol. The van der Waals surface area contributed by atoms with Gasteiger partial charge in [-0.15, -0.1) is 0 Å². The smallest absolute Gasteiger partial charge is 0.0371 e. The molecule has 0 aliphatic heterocycles. The van der Waals surface area contributed by atoms with Gasteiger partial charge in [0.1, 0.15) is 0 Å². The van der Waals surface area contributed by atoms with Gasteiger partial charge in [-0.2, -0.15) is 0 Å². The number of hydrogen-bond donors (Lipinski definition) is 1. The second-order valence-corrected chi connectivity index (χ2v) is 5.99. The molecule has 0 aromatic heterocycles. The Morgan fingerprint density at radius 3 is 2.58 bits per heavy atom. The second-order valence-electron chi connectivity index (χ2n) is 4.82. The first-order valence-electron chi connectivity index (χ1n) is 6.74. The van der Waals surface area contributed by atoms with E-state index in [9.17, 15) is 0 Å². The summed E-state index contributed by atoms with van der Waals surface area (Å²) < 4.78 is 1.33. The Morgan fingerprint density at radius 2 is 1.89 bits per heavy atom. The number of likely N-dealkylation sites (N-methyl/N-ethyl adjacent to an activating group) is 1. The van der Waals surface area contributed by atoms with Crippen molar-refractivity contribution in [3.8, 4) is 0 Å². The SMILES string of the molecule is CCNC(Cc1cccc(C)c1)c1ccccc1I. The maximum Gasteiger partial charge on any atom is 0.0371 e. The maximum absolute atomic E-state index is 3.60. The minimum absolute atomic E-state index is 0.389. The molecule has 0 aliphatic rings. The van der Waals surface area contributed by atoms with Crippen LogP contribution in [0.2, 0.25) is 0 Å². The molecule has 0 amide bonds. The van der Waals surface area contributed by atoms with Gasteiger partial charge in [0, 0.05) is 9.61 Å². The molecule has 0 saturated carbocycles. The Bertz CT molecular complexity index is 536. The molecule has 0 heterocycles. The molecule has 1 unspecified atom stereocenters. The fourth-order valence-electron chi connectivity index (χ4n) is 2.37. The summed E-state index contributed by atoms with van der Waals surface area (Å²) in [4.78, 5) is 0. The first kappa shape index (κ1) is 14.5. The molecule has 0 aliphatic carbocycles. The third-order valence-corrected chi connectivity index (χ3v) is 4.24. The van der Waals surface area contributed by atoms with Crippen LogP contribution < -0.4 is 5.32 Å². The zero-order valence-electron chi connectivity index (χ0n) is 11.5. The van der Waals surface area contributed by atoms with Crippen LogP contribution in [0.4, 0.5) is 0 Å². The number of hydrogen-bond acceptors (Lipinski definition) is 1. The van der Waals surface area contributed by atoms with E-state index in [1.807, 2.05) is 0 Å². The first-order chi connectivity index (χ1) is 9.20. The van der Waals surface area contributed by atoms with E-state index in [-0.39, 0.29) is 0 Å². The zero-order valence-corrected chi connectivity index (χ0v) is 13.6. The van der Waals surface area contributed by atoms with Gasteiger partial charge in [-0.05, 0) is 59.7 Å². The van der Waals surface area contributed by atoms with Crippen LogP contribution in [0.1, 0.15) is 29.7 Å². The molecule has 0 radical (unpaired) electrons. The van der Waals surface area contributed by atoms with Gasteiger partial charge in [0.25, 0.3) is 0 Å². The lowest BCUT2D eigenvalue weighted by Gasteiger charge is -2.20. The van der Waals surface area contributed by atoms with Crippen molar-refractivity contribution < 1.29 is 0 Å². The lowest BCUT2D eigenvalue weighted by Crippen LogP contribution is -2.23. The third kappa shape index (κ3) is 4.05. The van der Waals surface area contributed by atoms with E-state index < -0.39 is 0 Å². The van der Waals surface area contributed by atoms with E-state index in [4.69, 9.17) is 0 Å². The number of aryl methyl sites for hydroxylation is 1. The highest BCUT2D eigenvalue weighted by Crippen LogP contribution is 2.23. The van der Waals surface area contributed by atoms with Crippen LogP contribution in [0, 0.1) is 10.5 Å². The molecule has 2 aromatic rings. The molecule has 2 aromatic carbocycles. The topological polar surface area (TPSA) is 12.0 Å². The second kappa shape index (κ2) is 7.06. The van der Waals surface area contributed by atoms with Crippen LogP contribution in [0.25, 0.3) is 0 Å². The number of halogens is 1. The van der Waals surface area contributed by atoms with Crippen molar-refractivity contribution in [2.24, 2.45) is 0 Å². The van der Waals surface area contributed by atoms with Crippen molar-refractivity contribution in [3.05, 3.63) is 68.8 Å². The monoisotopic (exact) mass is 365 g/mol. The predicted molar refractivity (Wildman–Crippen MR) is 90.5 cm³/mol. The van der Waals surface area contributed by atoms with Gasteiger partial charge in [0.2, 0.25) is 0 Å². The molecule has 2 rings (SSSR count). The maximum atomic E-state index is 3.60. The van der Waals surface area contributed by atoms with Crippen LogP contribution >= 0.6 is 22.6 Å². The van der Waals surface area contributed by atoms with Crippen molar-refractivity contribution in [1.29, 1.82) is 0 Å². The summed E-state index contributed by atoms with van der Waals surface area (Å²) in [6, 6.07) is 17.8. The quantitative estimate of drug-likeness (QED) is 0.770. The minimum atomic E-state index is 0.389. The molecule has 0 saturated heterocycles. The van der Waals surface area contributed by atoms with E-state index in [1.165, 1.54) is 20.3 Å². The molecular weight excluding hydrogens is 345 g/mol. The van der Waals surface area contributed by atoms with Gasteiger partial charge in [-0.1, -0.05) is 55.0 Å². The van der Waals surface area contributed by atoms with E-state index in [0.717, 1.165) is 13.0 Å². The van der Waals surface area contributed by atoms with E-state index in [0.29, 0.717) is 6.04 Å². The summed E-state index contributed by atoms with van der Waals surface area (Å²) in [5.74, 6) is 0. The fourth-order valence-corrected chi connectivity index (χ4v) is 3.13. The summed E-state index contributed by atoms with van der Waals surface area (Å²) in [7, 11) is 0. The van der Waals surface area contributed by atoms with Crippen LogP contribution in [0.15, 0.2) is 48.5 Å². The van der Waals surface area contributed by atoms with Crippen molar-refractivity contribution in [2.75, 3.05) is 6.54 Å². The minimum Gasteiger partial charge on any atom is -0.310 e. The molecule has 0 spiro atoms. The van der Waals surface area contributed by atoms with Gasteiger partial charge in [0.05, 0.1) is 0 Å². The highest BCUT2D eigenvalue weighted by molar-refractivity contribution is 14.1. The van der Waals surface area contributed by atoms with Gasteiger partial charge in [0.15, 0.2) is 0 Å². The van der Waals surface area contributed by atoms with E-state index in [2.05, 4.69) is 90.3 Å². The van der Waals surface area contributed by atoms with Crippen molar-refractivity contribution in [2.45, 2.75) is 26.3 Å². The number of rotatable bonds is 5. The van der Waals surface area contributed by atoms with Crippen molar-refractivity contribution >= 4 is 22.6 Å². The van der Waals surface area contributed by atoms with E-state index in [1.54, 1.807) is 0 Å². The van der Waals surface area contributed by atoms with Crippen molar-refractivity contribution in [1.82, 2.24) is 5.32 Å². The number of benzene rings is 2. The molecule has 2 heteroatoms. The van der Waals surface area contributed by atoms with Crippen LogP contribution in [0.3, 0.4) is 0 Å². The molecule has 19 heavy (non-hydrogen) atoms.